The molecular weight excluding hydrogens is 291 g/mol. The van der Waals surface area contributed by atoms with E-state index in [1.54, 1.807) is 13.8 Å². The molecule has 0 aliphatic carbocycles. The van der Waals surface area contributed by atoms with Gasteiger partial charge in [0.05, 0.1) is 5.56 Å². The lowest BCUT2D eigenvalue weighted by molar-refractivity contribution is -0.138. The summed E-state index contributed by atoms with van der Waals surface area (Å²) in [6, 6.07) is 4.08. The molecular formula is C17H24F3NO. The molecule has 0 spiro atoms. The van der Waals surface area contributed by atoms with Crippen LogP contribution in [0.4, 0.5) is 13.2 Å². The minimum Gasteiger partial charge on any atom is -0.492 e. The van der Waals surface area contributed by atoms with E-state index in [0.29, 0.717) is 17.9 Å². The molecule has 0 N–H and O–H groups in total. The van der Waals surface area contributed by atoms with Gasteiger partial charge in [-0.3, -0.25) is 4.90 Å². The Labute approximate surface area is 130 Å². The predicted octanol–water partition coefficient (Wildman–Crippen LogP) is 4.69. The monoisotopic (exact) mass is 315 g/mol. The first kappa shape index (κ1) is 17.1. The number of ether oxygens (including phenoxy) is 1. The van der Waals surface area contributed by atoms with Crippen LogP contribution < -0.4 is 4.74 Å². The fourth-order valence-electron chi connectivity index (χ4n) is 2.84. The van der Waals surface area contributed by atoms with Crippen LogP contribution in [0.1, 0.15) is 50.2 Å². The number of nitrogens with zero attached hydrogens (tertiary/aromatic N) is 1. The van der Waals surface area contributed by atoms with Crippen molar-refractivity contribution in [2.75, 3.05) is 26.2 Å². The van der Waals surface area contributed by atoms with Gasteiger partial charge in [-0.15, -0.1) is 0 Å². The van der Waals surface area contributed by atoms with Crippen molar-refractivity contribution >= 4 is 0 Å². The lowest BCUT2D eigenvalue weighted by atomic mass is 9.96. The molecule has 1 fully saturated rings. The molecule has 2 rings (SSSR count). The fourth-order valence-corrected chi connectivity index (χ4v) is 2.84. The lowest BCUT2D eigenvalue weighted by Gasteiger charge is -2.26. The van der Waals surface area contributed by atoms with Gasteiger partial charge in [0.25, 0.3) is 0 Å². The second kappa shape index (κ2) is 7.36. The number of hydrogen-bond acceptors (Lipinski definition) is 2. The van der Waals surface area contributed by atoms with E-state index in [4.69, 9.17) is 4.74 Å². The van der Waals surface area contributed by atoms with Gasteiger partial charge in [-0.2, -0.15) is 13.2 Å². The number of halogens is 3. The highest BCUT2D eigenvalue weighted by Gasteiger charge is 2.34. The van der Waals surface area contributed by atoms with Gasteiger partial charge >= 0.3 is 6.18 Å². The first-order valence-corrected chi connectivity index (χ1v) is 7.94. The minimum absolute atomic E-state index is 0.192. The molecule has 124 valence electrons. The predicted molar refractivity (Wildman–Crippen MR) is 81.3 cm³/mol. The fraction of sp³-hybridized carbons (Fsp3) is 0.647. The van der Waals surface area contributed by atoms with E-state index in [-0.39, 0.29) is 5.92 Å². The molecule has 22 heavy (non-hydrogen) atoms. The Morgan fingerprint density at radius 3 is 2.41 bits per heavy atom. The van der Waals surface area contributed by atoms with Crippen LogP contribution >= 0.6 is 0 Å². The van der Waals surface area contributed by atoms with Crippen molar-refractivity contribution in [1.82, 2.24) is 4.90 Å². The summed E-state index contributed by atoms with van der Waals surface area (Å²) in [5.41, 5.74) is -0.270. The standard InChI is InChI=1S/C17H24F3NO/c1-13(2)15-12-14(6-7-16(15)17(18,19)20)22-11-10-21-8-4-3-5-9-21/h6-7,12-13H,3-5,8-11H2,1-2H3. The molecule has 0 amide bonds. The van der Waals surface area contributed by atoms with Gasteiger partial charge in [-0.05, 0) is 55.6 Å². The molecule has 0 atom stereocenters. The third-order valence-corrected chi connectivity index (χ3v) is 4.08. The Balaban J connectivity index is 1.98. The summed E-state index contributed by atoms with van der Waals surface area (Å²) >= 11 is 0. The summed E-state index contributed by atoms with van der Waals surface area (Å²) < 4.78 is 44.6. The van der Waals surface area contributed by atoms with Crippen LogP contribution in [-0.4, -0.2) is 31.1 Å². The maximum atomic E-state index is 13.0. The Kier molecular flexibility index (Phi) is 5.73. The van der Waals surface area contributed by atoms with Gasteiger partial charge in [0.2, 0.25) is 0 Å². The minimum atomic E-state index is -4.31. The van der Waals surface area contributed by atoms with Crippen LogP contribution in [-0.2, 0) is 6.18 Å². The Morgan fingerprint density at radius 1 is 1.14 bits per heavy atom. The number of piperidine rings is 1. The SMILES string of the molecule is CC(C)c1cc(OCCN2CCCCC2)ccc1C(F)(F)F. The molecule has 2 nitrogen and oxygen atoms in total. The van der Waals surface area contributed by atoms with Crippen molar-refractivity contribution in [3.63, 3.8) is 0 Å². The molecule has 1 heterocycles. The molecule has 0 saturated carbocycles. The molecule has 1 saturated heterocycles. The number of rotatable bonds is 5. The first-order valence-electron chi connectivity index (χ1n) is 7.94. The highest BCUT2D eigenvalue weighted by Crippen LogP contribution is 2.36. The number of hydrogen-bond donors (Lipinski definition) is 0. The maximum Gasteiger partial charge on any atom is 0.416 e. The summed E-state index contributed by atoms with van der Waals surface area (Å²) in [5.74, 6) is 0.330. The molecule has 1 aliphatic heterocycles. The van der Waals surface area contributed by atoms with E-state index in [1.807, 2.05) is 0 Å². The van der Waals surface area contributed by atoms with E-state index in [9.17, 15) is 13.2 Å². The van der Waals surface area contributed by atoms with E-state index >= 15 is 0 Å². The van der Waals surface area contributed by atoms with Gasteiger partial charge in [-0.1, -0.05) is 20.3 Å². The molecule has 1 aromatic carbocycles. The van der Waals surface area contributed by atoms with Crippen molar-refractivity contribution in [1.29, 1.82) is 0 Å². The molecule has 1 aromatic rings. The molecule has 0 radical (unpaired) electrons. The zero-order valence-corrected chi connectivity index (χ0v) is 13.2. The lowest BCUT2D eigenvalue weighted by Crippen LogP contribution is -2.33. The first-order chi connectivity index (χ1) is 10.4. The summed E-state index contributed by atoms with van der Waals surface area (Å²) in [4.78, 5) is 2.34. The largest absolute Gasteiger partial charge is 0.492 e. The molecule has 0 unspecified atom stereocenters. The Bertz CT molecular complexity index is 479. The summed E-state index contributed by atoms with van der Waals surface area (Å²) in [7, 11) is 0. The number of benzene rings is 1. The van der Waals surface area contributed by atoms with Gasteiger partial charge in [-0.25, -0.2) is 0 Å². The second-order valence-corrected chi connectivity index (χ2v) is 6.15. The van der Waals surface area contributed by atoms with Crippen molar-refractivity contribution < 1.29 is 17.9 Å². The van der Waals surface area contributed by atoms with Gasteiger partial charge < -0.3 is 4.74 Å². The van der Waals surface area contributed by atoms with E-state index in [2.05, 4.69) is 4.90 Å². The van der Waals surface area contributed by atoms with Gasteiger partial charge in [0, 0.05) is 6.54 Å². The molecule has 0 aromatic heterocycles. The topological polar surface area (TPSA) is 12.5 Å². The summed E-state index contributed by atoms with van der Waals surface area (Å²) in [6.45, 7) is 7.06. The van der Waals surface area contributed by atoms with Crippen molar-refractivity contribution in [2.24, 2.45) is 0 Å². The maximum absolute atomic E-state index is 13.0. The second-order valence-electron chi connectivity index (χ2n) is 6.15. The van der Waals surface area contributed by atoms with Crippen LogP contribution in [0, 0.1) is 0 Å². The molecule has 5 heteroatoms. The van der Waals surface area contributed by atoms with Crippen molar-refractivity contribution in [2.45, 2.75) is 45.2 Å². The van der Waals surface area contributed by atoms with E-state index in [1.165, 1.54) is 31.4 Å². The van der Waals surface area contributed by atoms with Crippen LogP contribution in [0.25, 0.3) is 0 Å². The average Bonchev–Trinajstić information content (AvgIpc) is 2.47. The quantitative estimate of drug-likeness (QED) is 0.781. The van der Waals surface area contributed by atoms with Crippen molar-refractivity contribution in [3.8, 4) is 5.75 Å². The smallest absolute Gasteiger partial charge is 0.416 e. The van der Waals surface area contributed by atoms with E-state index < -0.39 is 11.7 Å². The van der Waals surface area contributed by atoms with Crippen LogP contribution in [0.2, 0.25) is 0 Å². The van der Waals surface area contributed by atoms with Gasteiger partial charge in [0.15, 0.2) is 0 Å². The molecule has 1 aliphatic rings. The van der Waals surface area contributed by atoms with Crippen LogP contribution in [0.3, 0.4) is 0 Å². The zero-order chi connectivity index (χ0) is 16.2. The number of alkyl halides is 3. The van der Waals surface area contributed by atoms with Gasteiger partial charge in [0.1, 0.15) is 12.4 Å². The summed E-state index contributed by atoms with van der Waals surface area (Å²) in [6.07, 6.45) is -0.588. The van der Waals surface area contributed by atoms with Crippen LogP contribution in [0.15, 0.2) is 18.2 Å². The summed E-state index contributed by atoms with van der Waals surface area (Å²) in [5, 5.41) is 0. The normalized spacial score (nSPS) is 17.0. The third-order valence-electron chi connectivity index (χ3n) is 4.08. The number of likely N-dealkylation sites (tertiary alicyclic amines) is 1. The molecule has 0 bridgehead atoms. The van der Waals surface area contributed by atoms with Crippen molar-refractivity contribution in [3.05, 3.63) is 29.3 Å². The third kappa shape index (κ3) is 4.63. The van der Waals surface area contributed by atoms with E-state index in [0.717, 1.165) is 25.7 Å². The highest BCUT2D eigenvalue weighted by molar-refractivity contribution is 5.39. The highest BCUT2D eigenvalue weighted by atomic mass is 19.4. The zero-order valence-electron chi connectivity index (χ0n) is 13.2. The Hall–Kier alpha value is -1.23. The Morgan fingerprint density at radius 2 is 1.82 bits per heavy atom. The van der Waals surface area contributed by atoms with Crippen LogP contribution in [0.5, 0.6) is 5.75 Å². The average molecular weight is 315 g/mol.